The van der Waals surface area contributed by atoms with Gasteiger partial charge in [0.15, 0.2) is 5.82 Å². The van der Waals surface area contributed by atoms with Crippen LogP contribution in [0.15, 0.2) is 53.7 Å². The zero-order valence-corrected chi connectivity index (χ0v) is 14.3. The van der Waals surface area contributed by atoms with Crippen LogP contribution in [0.3, 0.4) is 0 Å². The van der Waals surface area contributed by atoms with Crippen LogP contribution in [0.25, 0.3) is 0 Å². The highest BCUT2D eigenvalue weighted by Gasteiger charge is 2.13. The van der Waals surface area contributed by atoms with E-state index in [4.69, 9.17) is 27.8 Å². The van der Waals surface area contributed by atoms with E-state index in [1.54, 1.807) is 18.3 Å². The number of halogens is 1. The van der Waals surface area contributed by atoms with E-state index in [1.807, 2.05) is 30.3 Å². The Morgan fingerprint density at radius 2 is 2.00 bits per heavy atom. The fourth-order valence-electron chi connectivity index (χ4n) is 2.11. The van der Waals surface area contributed by atoms with Gasteiger partial charge in [-0.3, -0.25) is 0 Å². The van der Waals surface area contributed by atoms with Crippen LogP contribution in [0.2, 0.25) is 5.02 Å². The number of carbonyl (C=O) groups is 1. The Morgan fingerprint density at radius 3 is 2.68 bits per heavy atom. The van der Waals surface area contributed by atoms with E-state index in [0.717, 1.165) is 5.56 Å². The third-order valence-corrected chi connectivity index (χ3v) is 3.53. The third-order valence-electron chi connectivity index (χ3n) is 3.24. The summed E-state index contributed by atoms with van der Waals surface area (Å²) in [6.45, 7) is 0.395. The molecule has 1 atom stereocenters. The topological polar surface area (TPSA) is 116 Å². The van der Waals surface area contributed by atoms with E-state index in [-0.39, 0.29) is 12.3 Å². The Kier molecular flexibility index (Phi) is 7.18. The van der Waals surface area contributed by atoms with Gasteiger partial charge >= 0.3 is 6.03 Å². The van der Waals surface area contributed by atoms with Crippen molar-refractivity contribution in [2.45, 2.75) is 19.1 Å². The lowest BCUT2D eigenvalue weighted by atomic mass is 10.2. The first-order valence-corrected chi connectivity index (χ1v) is 8.07. The minimum atomic E-state index is -0.701. The van der Waals surface area contributed by atoms with Gasteiger partial charge in [-0.05, 0) is 24.1 Å². The third kappa shape index (κ3) is 6.78. The van der Waals surface area contributed by atoms with E-state index >= 15 is 0 Å². The van der Waals surface area contributed by atoms with Gasteiger partial charge in [0.1, 0.15) is 12.1 Å². The number of amides is 2. The van der Waals surface area contributed by atoms with Crippen LogP contribution in [0, 0.1) is 0 Å². The molecule has 2 aromatic rings. The summed E-state index contributed by atoms with van der Waals surface area (Å²) in [5.74, 6) is 0.530. The second-order valence-corrected chi connectivity index (χ2v) is 5.63. The van der Waals surface area contributed by atoms with Gasteiger partial charge in [0, 0.05) is 6.20 Å². The zero-order valence-electron chi connectivity index (χ0n) is 13.6. The van der Waals surface area contributed by atoms with Gasteiger partial charge in [0.05, 0.1) is 18.1 Å². The van der Waals surface area contributed by atoms with Crippen LogP contribution in [-0.4, -0.2) is 29.7 Å². The summed E-state index contributed by atoms with van der Waals surface area (Å²) in [6.07, 6.45) is 1.73. The largest absolute Gasteiger partial charge is 0.387 e. The maximum absolute atomic E-state index is 11.2. The number of aromatic nitrogens is 1. The number of primary amides is 1. The van der Waals surface area contributed by atoms with Gasteiger partial charge < -0.3 is 21.5 Å². The highest BCUT2D eigenvalue weighted by atomic mass is 35.5. The SMILES string of the molecule is NC(=O)NC(CC(N)=Nc1ncccc1Cl)OCCc1ccccc1. The van der Waals surface area contributed by atoms with Crippen molar-refractivity contribution >= 4 is 29.3 Å². The summed E-state index contributed by atoms with van der Waals surface area (Å²) in [5, 5.41) is 2.88. The van der Waals surface area contributed by atoms with E-state index in [9.17, 15) is 4.79 Å². The average molecular weight is 362 g/mol. The molecule has 0 aliphatic heterocycles. The van der Waals surface area contributed by atoms with Crippen LogP contribution >= 0.6 is 11.6 Å². The molecular weight excluding hydrogens is 342 g/mol. The number of pyridine rings is 1. The molecule has 2 rings (SSSR count). The second-order valence-electron chi connectivity index (χ2n) is 5.22. The van der Waals surface area contributed by atoms with E-state index in [1.165, 1.54) is 0 Å². The zero-order chi connectivity index (χ0) is 18.1. The van der Waals surface area contributed by atoms with Crippen molar-refractivity contribution in [3.05, 3.63) is 59.2 Å². The smallest absolute Gasteiger partial charge is 0.314 e. The van der Waals surface area contributed by atoms with Crippen LogP contribution in [0.4, 0.5) is 10.6 Å². The highest BCUT2D eigenvalue weighted by molar-refractivity contribution is 6.32. The molecule has 0 aliphatic carbocycles. The van der Waals surface area contributed by atoms with Crippen molar-refractivity contribution in [2.24, 2.45) is 16.5 Å². The van der Waals surface area contributed by atoms with Crippen LogP contribution in [0.5, 0.6) is 0 Å². The summed E-state index contributed by atoms with van der Waals surface area (Å²) in [5.41, 5.74) is 12.2. The summed E-state index contributed by atoms with van der Waals surface area (Å²) in [7, 11) is 0. The molecule has 2 amide bonds. The number of benzene rings is 1. The molecule has 1 aromatic carbocycles. The summed E-state index contributed by atoms with van der Waals surface area (Å²) < 4.78 is 5.67. The van der Waals surface area contributed by atoms with Crippen molar-refractivity contribution in [3.8, 4) is 0 Å². The minimum absolute atomic E-state index is 0.157. The Labute approximate surface area is 151 Å². The fraction of sp³-hybridized carbons (Fsp3) is 0.235. The van der Waals surface area contributed by atoms with Crippen molar-refractivity contribution < 1.29 is 9.53 Å². The van der Waals surface area contributed by atoms with Gasteiger partial charge in [0.2, 0.25) is 0 Å². The maximum Gasteiger partial charge on any atom is 0.314 e. The Hall–Kier alpha value is -2.64. The molecule has 0 aliphatic rings. The van der Waals surface area contributed by atoms with Gasteiger partial charge in [-0.2, -0.15) is 0 Å². The van der Waals surface area contributed by atoms with E-state index in [0.29, 0.717) is 23.9 Å². The molecule has 8 heteroatoms. The molecule has 1 aromatic heterocycles. The number of nitrogens with two attached hydrogens (primary N) is 2. The number of rotatable bonds is 8. The minimum Gasteiger partial charge on any atom is -0.387 e. The molecule has 0 saturated carbocycles. The fourth-order valence-corrected chi connectivity index (χ4v) is 2.27. The standard InChI is InChI=1S/C17H20ClN5O2/c18-13-7-4-9-21-16(13)22-14(19)11-15(23-17(20)24)25-10-8-12-5-2-1-3-6-12/h1-7,9,15H,8,10-11H2,(H2,19,21,22)(H3,20,23,24). The first kappa shape index (κ1) is 18.7. The number of carbonyl (C=O) groups excluding carboxylic acids is 1. The Morgan fingerprint density at radius 1 is 1.24 bits per heavy atom. The van der Waals surface area contributed by atoms with Gasteiger partial charge in [-0.15, -0.1) is 0 Å². The Bertz CT molecular complexity index is 724. The van der Waals surface area contributed by atoms with E-state index < -0.39 is 12.3 Å². The molecule has 0 saturated heterocycles. The number of hydrogen-bond donors (Lipinski definition) is 3. The quantitative estimate of drug-likeness (QED) is 0.380. The molecule has 1 heterocycles. The van der Waals surface area contributed by atoms with Crippen LogP contribution < -0.4 is 16.8 Å². The number of hydrogen-bond acceptors (Lipinski definition) is 4. The Balaban J connectivity index is 1.94. The number of nitrogens with zero attached hydrogens (tertiary/aromatic N) is 2. The monoisotopic (exact) mass is 361 g/mol. The van der Waals surface area contributed by atoms with Crippen molar-refractivity contribution in [1.29, 1.82) is 0 Å². The maximum atomic E-state index is 11.2. The first-order valence-electron chi connectivity index (χ1n) is 7.69. The lowest BCUT2D eigenvalue weighted by molar-refractivity contribution is 0.0449. The summed E-state index contributed by atoms with van der Waals surface area (Å²) in [4.78, 5) is 19.3. The molecule has 0 fully saturated rings. The number of aliphatic imine (C=N–C) groups is 1. The van der Waals surface area contributed by atoms with Gasteiger partial charge in [-0.25, -0.2) is 14.8 Å². The summed E-state index contributed by atoms with van der Waals surface area (Å²) in [6, 6.07) is 12.5. The number of nitrogens with one attached hydrogen (secondary N) is 1. The molecule has 0 radical (unpaired) electrons. The van der Waals surface area contributed by atoms with Gasteiger partial charge in [-0.1, -0.05) is 41.9 Å². The lowest BCUT2D eigenvalue weighted by Gasteiger charge is -2.18. The normalized spacial score (nSPS) is 12.6. The van der Waals surface area contributed by atoms with Crippen LogP contribution in [0.1, 0.15) is 12.0 Å². The second kappa shape index (κ2) is 9.61. The molecular formula is C17H20ClN5O2. The molecule has 25 heavy (non-hydrogen) atoms. The highest BCUT2D eigenvalue weighted by Crippen LogP contribution is 2.20. The molecule has 0 bridgehead atoms. The predicted octanol–water partition coefficient (Wildman–Crippen LogP) is 2.37. The molecule has 132 valence electrons. The summed E-state index contributed by atoms with van der Waals surface area (Å²) >= 11 is 5.99. The molecule has 7 nitrogen and oxygen atoms in total. The van der Waals surface area contributed by atoms with Crippen LogP contribution in [-0.2, 0) is 11.2 Å². The lowest BCUT2D eigenvalue weighted by Crippen LogP contribution is -2.42. The van der Waals surface area contributed by atoms with Crippen molar-refractivity contribution in [1.82, 2.24) is 10.3 Å². The first-order chi connectivity index (χ1) is 12.0. The van der Waals surface area contributed by atoms with E-state index in [2.05, 4.69) is 15.3 Å². The number of amidine groups is 1. The molecule has 0 spiro atoms. The van der Waals surface area contributed by atoms with Gasteiger partial charge in [0.25, 0.3) is 0 Å². The number of ether oxygens (including phenoxy) is 1. The van der Waals surface area contributed by atoms with Crippen molar-refractivity contribution in [2.75, 3.05) is 6.61 Å². The molecule has 1 unspecified atom stereocenters. The average Bonchev–Trinajstić information content (AvgIpc) is 2.57. The van der Waals surface area contributed by atoms with Crippen molar-refractivity contribution in [3.63, 3.8) is 0 Å². The molecule has 5 N–H and O–H groups in total. The number of urea groups is 1. The predicted molar refractivity (Wildman–Crippen MR) is 97.8 cm³/mol.